The molecule has 0 bridgehead atoms. The summed E-state index contributed by atoms with van der Waals surface area (Å²) in [6, 6.07) is 8.34. The van der Waals surface area contributed by atoms with E-state index in [4.69, 9.17) is 0 Å². The molecule has 2 nitrogen and oxygen atoms in total. The number of hydrogen-bond acceptors (Lipinski definition) is 2. The smallest absolute Gasteiger partial charge is 0.0545 e. The third-order valence-electron chi connectivity index (χ3n) is 2.78. The van der Waals surface area contributed by atoms with Crippen molar-refractivity contribution in [2.45, 2.75) is 44.6 Å². The fourth-order valence-corrected chi connectivity index (χ4v) is 3.16. The average Bonchev–Trinajstić information content (AvgIpc) is 2.34. The Morgan fingerprint density at radius 2 is 2.12 bits per heavy atom. The highest BCUT2D eigenvalue weighted by Gasteiger charge is 2.11. The van der Waals surface area contributed by atoms with Crippen LogP contribution < -0.4 is 5.32 Å². The molecular formula is C14H23NOS. The van der Waals surface area contributed by atoms with Crippen LogP contribution in [0.5, 0.6) is 0 Å². The zero-order valence-electron chi connectivity index (χ0n) is 11.0. The number of hydrogen-bond donors (Lipinski definition) is 1. The molecule has 0 aliphatic carbocycles. The molecule has 3 heteroatoms. The van der Waals surface area contributed by atoms with Gasteiger partial charge in [0, 0.05) is 16.7 Å². The van der Waals surface area contributed by atoms with Crippen molar-refractivity contribution in [3.63, 3.8) is 0 Å². The van der Waals surface area contributed by atoms with Crippen LogP contribution in [-0.2, 0) is 10.8 Å². The highest BCUT2D eigenvalue weighted by atomic mass is 32.2. The molecule has 2 atom stereocenters. The van der Waals surface area contributed by atoms with E-state index in [0.717, 1.165) is 24.3 Å². The molecule has 0 aliphatic heterocycles. The first-order chi connectivity index (χ1) is 8.17. The van der Waals surface area contributed by atoms with E-state index >= 15 is 0 Å². The van der Waals surface area contributed by atoms with Crippen molar-refractivity contribution in [2.75, 3.05) is 12.3 Å². The summed E-state index contributed by atoms with van der Waals surface area (Å²) >= 11 is 0. The SMILES string of the molecule is CCCNC(CC)CS(=O)c1cccc(C)c1. The fourth-order valence-electron chi connectivity index (χ4n) is 1.71. The molecule has 0 amide bonds. The predicted octanol–water partition coefficient (Wildman–Crippen LogP) is 2.88. The second kappa shape index (κ2) is 7.62. The summed E-state index contributed by atoms with van der Waals surface area (Å²) in [6.07, 6.45) is 2.14. The molecule has 0 radical (unpaired) electrons. The van der Waals surface area contributed by atoms with Gasteiger partial charge in [-0.15, -0.1) is 0 Å². The van der Waals surface area contributed by atoms with E-state index in [1.165, 1.54) is 5.56 Å². The zero-order valence-corrected chi connectivity index (χ0v) is 11.8. The third-order valence-corrected chi connectivity index (χ3v) is 4.27. The molecule has 1 rings (SSSR count). The second-order valence-electron chi connectivity index (χ2n) is 4.39. The van der Waals surface area contributed by atoms with Gasteiger partial charge in [-0.05, 0) is 44.0 Å². The number of benzene rings is 1. The molecule has 0 aromatic heterocycles. The van der Waals surface area contributed by atoms with Crippen LogP contribution in [0.3, 0.4) is 0 Å². The van der Waals surface area contributed by atoms with E-state index in [-0.39, 0.29) is 0 Å². The monoisotopic (exact) mass is 253 g/mol. The number of nitrogens with one attached hydrogen (secondary N) is 1. The maximum atomic E-state index is 12.2. The van der Waals surface area contributed by atoms with Gasteiger partial charge in [-0.1, -0.05) is 26.0 Å². The molecule has 2 unspecified atom stereocenters. The van der Waals surface area contributed by atoms with Crippen LogP contribution in [0.2, 0.25) is 0 Å². The van der Waals surface area contributed by atoms with Crippen molar-refractivity contribution in [1.82, 2.24) is 5.32 Å². The summed E-state index contributed by atoms with van der Waals surface area (Å²) < 4.78 is 12.2. The van der Waals surface area contributed by atoms with E-state index < -0.39 is 10.8 Å². The van der Waals surface area contributed by atoms with Gasteiger partial charge < -0.3 is 5.32 Å². The Morgan fingerprint density at radius 1 is 1.35 bits per heavy atom. The lowest BCUT2D eigenvalue weighted by molar-refractivity contribution is 0.534. The average molecular weight is 253 g/mol. The van der Waals surface area contributed by atoms with Gasteiger partial charge in [0.2, 0.25) is 0 Å². The maximum absolute atomic E-state index is 12.2. The van der Waals surface area contributed by atoms with Gasteiger partial charge in [0.25, 0.3) is 0 Å². The zero-order chi connectivity index (χ0) is 12.7. The topological polar surface area (TPSA) is 29.1 Å². The van der Waals surface area contributed by atoms with Crippen LogP contribution in [0.4, 0.5) is 0 Å². The summed E-state index contributed by atoms with van der Waals surface area (Å²) in [5, 5.41) is 3.44. The van der Waals surface area contributed by atoms with Crippen molar-refractivity contribution in [3.05, 3.63) is 29.8 Å². The first kappa shape index (κ1) is 14.4. The van der Waals surface area contributed by atoms with E-state index in [1.807, 2.05) is 31.2 Å². The van der Waals surface area contributed by atoms with Crippen LogP contribution in [0.1, 0.15) is 32.3 Å². The van der Waals surface area contributed by atoms with Gasteiger partial charge in [-0.2, -0.15) is 0 Å². The minimum atomic E-state index is -0.890. The standard InChI is InChI=1S/C14H23NOS/c1-4-9-15-13(5-2)11-17(16)14-8-6-7-12(3)10-14/h6-8,10,13,15H,4-5,9,11H2,1-3H3. The summed E-state index contributed by atoms with van der Waals surface area (Å²) in [7, 11) is -0.890. The summed E-state index contributed by atoms with van der Waals surface area (Å²) in [5.41, 5.74) is 1.17. The molecule has 17 heavy (non-hydrogen) atoms. The van der Waals surface area contributed by atoms with E-state index in [1.54, 1.807) is 0 Å². The molecule has 0 spiro atoms. The minimum Gasteiger partial charge on any atom is -0.313 e. The van der Waals surface area contributed by atoms with Gasteiger partial charge in [-0.3, -0.25) is 4.21 Å². The minimum absolute atomic E-state index is 0.358. The Hall–Kier alpha value is -0.670. The summed E-state index contributed by atoms with van der Waals surface area (Å²) in [5.74, 6) is 0.708. The Balaban J connectivity index is 2.58. The predicted molar refractivity (Wildman–Crippen MR) is 74.8 cm³/mol. The van der Waals surface area contributed by atoms with Gasteiger partial charge in [-0.25, -0.2) is 0 Å². The Bertz CT molecular complexity index is 365. The third kappa shape index (κ3) is 5.00. The van der Waals surface area contributed by atoms with E-state index in [0.29, 0.717) is 11.8 Å². The molecule has 0 aliphatic rings. The highest BCUT2D eigenvalue weighted by molar-refractivity contribution is 7.85. The lowest BCUT2D eigenvalue weighted by Crippen LogP contribution is -2.34. The summed E-state index contributed by atoms with van der Waals surface area (Å²) in [4.78, 5) is 0.946. The molecule has 1 N–H and O–H groups in total. The molecular weight excluding hydrogens is 230 g/mol. The lowest BCUT2D eigenvalue weighted by Gasteiger charge is -2.16. The van der Waals surface area contributed by atoms with Gasteiger partial charge >= 0.3 is 0 Å². The number of aryl methyl sites for hydroxylation is 1. The maximum Gasteiger partial charge on any atom is 0.0545 e. The first-order valence-electron chi connectivity index (χ1n) is 6.35. The largest absolute Gasteiger partial charge is 0.313 e. The van der Waals surface area contributed by atoms with Crippen LogP contribution in [-0.4, -0.2) is 22.5 Å². The molecule has 0 saturated heterocycles. The molecule has 1 aromatic rings. The van der Waals surface area contributed by atoms with Gasteiger partial charge in [0.1, 0.15) is 0 Å². The lowest BCUT2D eigenvalue weighted by atomic mass is 10.2. The highest BCUT2D eigenvalue weighted by Crippen LogP contribution is 2.10. The molecule has 0 fully saturated rings. The quantitative estimate of drug-likeness (QED) is 0.809. The molecule has 96 valence electrons. The Morgan fingerprint density at radius 3 is 2.71 bits per heavy atom. The van der Waals surface area contributed by atoms with Crippen LogP contribution in [0.25, 0.3) is 0 Å². The second-order valence-corrected chi connectivity index (χ2v) is 5.88. The fraction of sp³-hybridized carbons (Fsp3) is 0.571. The molecule has 0 saturated carbocycles. The first-order valence-corrected chi connectivity index (χ1v) is 7.67. The van der Waals surface area contributed by atoms with Crippen molar-refractivity contribution < 1.29 is 4.21 Å². The van der Waals surface area contributed by atoms with E-state index in [2.05, 4.69) is 19.2 Å². The normalized spacial score (nSPS) is 14.5. The molecule has 0 heterocycles. The Kier molecular flexibility index (Phi) is 6.45. The van der Waals surface area contributed by atoms with E-state index in [9.17, 15) is 4.21 Å². The summed E-state index contributed by atoms with van der Waals surface area (Å²) in [6.45, 7) is 7.33. The molecule has 1 aromatic carbocycles. The number of rotatable bonds is 7. The van der Waals surface area contributed by atoms with Crippen LogP contribution in [0, 0.1) is 6.92 Å². The van der Waals surface area contributed by atoms with Crippen molar-refractivity contribution >= 4 is 10.8 Å². The Labute approximate surface area is 107 Å². The van der Waals surface area contributed by atoms with Crippen LogP contribution >= 0.6 is 0 Å². The van der Waals surface area contributed by atoms with Crippen molar-refractivity contribution in [2.24, 2.45) is 0 Å². The van der Waals surface area contributed by atoms with Gasteiger partial charge in [0.05, 0.1) is 10.8 Å². The van der Waals surface area contributed by atoms with Crippen molar-refractivity contribution in [3.8, 4) is 0 Å². The van der Waals surface area contributed by atoms with Crippen LogP contribution in [0.15, 0.2) is 29.2 Å². The van der Waals surface area contributed by atoms with Crippen molar-refractivity contribution in [1.29, 1.82) is 0 Å². The van der Waals surface area contributed by atoms with Gasteiger partial charge in [0.15, 0.2) is 0 Å².